The van der Waals surface area contributed by atoms with Gasteiger partial charge in [-0.2, -0.15) is 0 Å². The molecule has 116 valence electrons. The number of ether oxygens (including phenoxy) is 2. The maximum Gasteiger partial charge on any atom is 0.164 e. The third kappa shape index (κ3) is 3.52. The largest absolute Gasteiger partial charge is 0.344 e. The van der Waals surface area contributed by atoms with Crippen molar-refractivity contribution in [3.63, 3.8) is 0 Å². The predicted octanol–water partition coefficient (Wildman–Crippen LogP) is 5.17. The second-order valence-corrected chi connectivity index (χ2v) is 6.55. The van der Waals surface area contributed by atoms with Crippen LogP contribution in [0.15, 0.2) is 54.6 Å². The molecule has 0 spiro atoms. The van der Waals surface area contributed by atoms with E-state index in [-0.39, 0.29) is 12.2 Å². The van der Waals surface area contributed by atoms with Gasteiger partial charge in [-0.05, 0) is 38.3 Å². The van der Waals surface area contributed by atoms with Crippen LogP contribution in [0.25, 0.3) is 0 Å². The van der Waals surface area contributed by atoms with Crippen molar-refractivity contribution in [3.05, 3.63) is 70.7 Å². The van der Waals surface area contributed by atoms with Gasteiger partial charge in [0.25, 0.3) is 0 Å². The van der Waals surface area contributed by atoms with Gasteiger partial charge < -0.3 is 9.47 Å². The highest BCUT2D eigenvalue weighted by molar-refractivity contribution is 6.31. The van der Waals surface area contributed by atoms with Crippen LogP contribution in [0.4, 0.5) is 0 Å². The monoisotopic (exact) mass is 316 g/mol. The van der Waals surface area contributed by atoms with Crippen LogP contribution in [0.3, 0.4) is 0 Å². The van der Waals surface area contributed by atoms with E-state index in [4.69, 9.17) is 21.1 Å². The molecule has 1 heterocycles. The number of rotatable bonds is 4. The van der Waals surface area contributed by atoms with Gasteiger partial charge in [-0.25, -0.2) is 0 Å². The van der Waals surface area contributed by atoms with E-state index in [2.05, 4.69) is 24.3 Å². The predicted molar refractivity (Wildman–Crippen MR) is 89.0 cm³/mol. The fourth-order valence-corrected chi connectivity index (χ4v) is 3.21. The van der Waals surface area contributed by atoms with Gasteiger partial charge in [-0.15, -0.1) is 0 Å². The first-order valence-corrected chi connectivity index (χ1v) is 8.07. The second-order valence-electron chi connectivity index (χ2n) is 6.14. The highest BCUT2D eigenvalue weighted by atomic mass is 35.5. The molecule has 0 bridgehead atoms. The van der Waals surface area contributed by atoms with Crippen LogP contribution in [-0.2, 0) is 15.9 Å². The number of hydrogen-bond acceptors (Lipinski definition) is 2. The van der Waals surface area contributed by atoms with Crippen molar-refractivity contribution in [2.24, 2.45) is 0 Å². The first kappa shape index (κ1) is 15.5. The molecule has 0 saturated carbocycles. The van der Waals surface area contributed by atoms with Crippen molar-refractivity contribution in [2.75, 3.05) is 0 Å². The first-order valence-electron chi connectivity index (χ1n) is 7.69. The lowest BCUT2D eigenvalue weighted by molar-refractivity contribution is -0.147. The summed E-state index contributed by atoms with van der Waals surface area (Å²) in [7, 11) is 0. The Morgan fingerprint density at radius 2 is 1.64 bits per heavy atom. The van der Waals surface area contributed by atoms with E-state index >= 15 is 0 Å². The van der Waals surface area contributed by atoms with Crippen molar-refractivity contribution in [3.8, 4) is 0 Å². The van der Waals surface area contributed by atoms with Crippen molar-refractivity contribution in [2.45, 2.75) is 44.7 Å². The summed E-state index contributed by atoms with van der Waals surface area (Å²) < 4.78 is 12.2. The fraction of sp³-hybridized carbons (Fsp3) is 0.368. The van der Waals surface area contributed by atoms with Crippen molar-refractivity contribution >= 4 is 11.6 Å². The molecule has 2 atom stereocenters. The molecule has 3 heteroatoms. The Hall–Kier alpha value is -1.35. The Bertz CT molecular complexity index is 624. The summed E-state index contributed by atoms with van der Waals surface area (Å²) in [6, 6.07) is 18.3. The van der Waals surface area contributed by atoms with Gasteiger partial charge in [0.2, 0.25) is 0 Å². The van der Waals surface area contributed by atoms with E-state index in [9.17, 15) is 0 Å². The van der Waals surface area contributed by atoms with Gasteiger partial charge >= 0.3 is 0 Å². The fourth-order valence-electron chi connectivity index (χ4n) is 2.97. The van der Waals surface area contributed by atoms with E-state index < -0.39 is 5.79 Å². The van der Waals surface area contributed by atoms with E-state index in [1.54, 1.807) is 0 Å². The zero-order valence-electron chi connectivity index (χ0n) is 13.0. The summed E-state index contributed by atoms with van der Waals surface area (Å²) in [5, 5.41) is 0.735. The number of halogens is 1. The standard InChI is InChI=1S/C19H21ClO2/c1-19(2)21-17(13-12-14-8-4-3-5-9-14)18(22-19)15-10-6-7-11-16(15)20/h3-11,17-18H,12-13H2,1-2H3/t17-,18+/m0/s1. The van der Waals surface area contributed by atoms with Crippen LogP contribution in [0.1, 0.15) is 37.5 Å². The summed E-state index contributed by atoms with van der Waals surface area (Å²) in [5.74, 6) is -0.578. The van der Waals surface area contributed by atoms with E-state index in [0.29, 0.717) is 0 Å². The van der Waals surface area contributed by atoms with Crippen LogP contribution in [0, 0.1) is 0 Å². The molecule has 1 aliphatic heterocycles. The normalized spacial score (nSPS) is 23.6. The molecular weight excluding hydrogens is 296 g/mol. The first-order chi connectivity index (χ1) is 10.6. The van der Waals surface area contributed by atoms with E-state index in [1.165, 1.54) is 5.56 Å². The number of hydrogen-bond donors (Lipinski definition) is 0. The Morgan fingerprint density at radius 3 is 2.36 bits per heavy atom. The molecular formula is C19H21ClO2. The summed E-state index contributed by atoms with van der Waals surface area (Å²) in [6.07, 6.45) is 1.76. The summed E-state index contributed by atoms with van der Waals surface area (Å²) >= 11 is 6.34. The average Bonchev–Trinajstić information content (AvgIpc) is 2.81. The highest BCUT2D eigenvalue weighted by Gasteiger charge is 2.42. The van der Waals surface area contributed by atoms with Crippen LogP contribution in [0.2, 0.25) is 5.02 Å². The molecule has 0 aromatic heterocycles. The zero-order valence-corrected chi connectivity index (χ0v) is 13.7. The molecule has 3 rings (SSSR count). The molecule has 2 nitrogen and oxygen atoms in total. The molecule has 1 fully saturated rings. The van der Waals surface area contributed by atoms with E-state index in [1.807, 2.05) is 44.2 Å². The lowest BCUT2D eigenvalue weighted by atomic mass is 9.98. The molecule has 0 unspecified atom stereocenters. The lowest BCUT2D eigenvalue weighted by Gasteiger charge is -2.18. The Labute approximate surface area is 137 Å². The summed E-state index contributed by atoms with van der Waals surface area (Å²) in [5.41, 5.74) is 2.32. The Morgan fingerprint density at radius 1 is 0.955 bits per heavy atom. The number of aryl methyl sites for hydroxylation is 1. The van der Waals surface area contributed by atoms with Crippen LogP contribution < -0.4 is 0 Å². The molecule has 0 N–H and O–H groups in total. The quantitative estimate of drug-likeness (QED) is 0.775. The van der Waals surface area contributed by atoms with Gasteiger partial charge in [0.15, 0.2) is 5.79 Å². The SMILES string of the molecule is CC1(C)O[C@@H](CCc2ccccc2)[C@@H](c2ccccc2Cl)O1. The van der Waals surface area contributed by atoms with Gasteiger partial charge in [0, 0.05) is 10.6 Å². The Kier molecular flexibility index (Phi) is 4.53. The van der Waals surface area contributed by atoms with Crippen molar-refractivity contribution in [1.29, 1.82) is 0 Å². The van der Waals surface area contributed by atoms with Crippen LogP contribution in [-0.4, -0.2) is 11.9 Å². The average molecular weight is 317 g/mol. The second kappa shape index (κ2) is 6.41. The molecule has 2 aromatic carbocycles. The highest BCUT2D eigenvalue weighted by Crippen LogP contribution is 2.42. The Balaban J connectivity index is 1.77. The smallest absolute Gasteiger partial charge is 0.164 e. The molecule has 0 aliphatic carbocycles. The lowest BCUT2D eigenvalue weighted by Crippen LogP contribution is -2.21. The number of benzene rings is 2. The molecule has 0 amide bonds. The minimum Gasteiger partial charge on any atom is -0.344 e. The van der Waals surface area contributed by atoms with Gasteiger partial charge in [-0.3, -0.25) is 0 Å². The molecule has 1 saturated heterocycles. The van der Waals surface area contributed by atoms with Gasteiger partial charge in [-0.1, -0.05) is 60.1 Å². The van der Waals surface area contributed by atoms with Gasteiger partial charge in [0.1, 0.15) is 6.10 Å². The maximum atomic E-state index is 6.34. The van der Waals surface area contributed by atoms with Crippen LogP contribution >= 0.6 is 11.6 Å². The van der Waals surface area contributed by atoms with Gasteiger partial charge in [0.05, 0.1) is 6.10 Å². The molecule has 22 heavy (non-hydrogen) atoms. The zero-order chi connectivity index (χ0) is 15.6. The molecule has 2 aromatic rings. The maximum absolute atomic E-state index is 6.34. The third-order valence-corrected chi connectivity index (χ3v) is 4.30. The topological polar surface area (TPSA) is 18.5 Å². The van der Waals surface area contributed by atoms with Crippen molar-refractivity contribution < 1.29 is 9.47 Å². The molecule has 1 aliphatic rings. The minimum atomic E-state index is -0.578. The molecule has 0 radical (unpaired) electrons. The summed E-state index contributed by atoms with van der Waals surface area (Å²) in [4.78, 5) is 0. The third-order valence-electron chi connectivity index (χ3n) is 3.96. The summed E-state index contributed by atoms with van der Waals surface area (Å²) in [6.45, 7) is 3.92. The van der Waals surface area contributed by atoms with Crippen LogP contribution in [0.5, 0.6) is 0 Å². The van der Waals surface area contributed by atoms with E-state index in [0.717, 1.165) is 23.4 Å². The minimum absolute atomic E-state index is 0.00936. The van der Waals surface area contributed by atoms with Crippen molar-refractivity contribution in [1.82, 2.24) is 0 Å².